The maximum Gasteiger partial charge on any atom is 0.119 e. The van der Waals surface area contributed by atoms with Crippen molar-refractivity contribution < 1.29 is 4.74 Å². The largest absolute Gasteiger partial charge is 0.497 e. The van der Waals surface area contributed by atoms with Crippen molar-refractivity contribution in [2.75, 3.05) is 34.3 Å². The van der Waals surface area contributed by atoms with Crippen LogP contribution in [-0.2, 0) is 6.54 Å². The second kappa shape index (κ2) is 10.7. The molecule has 5 heteroatoms. The van der Waals surface area contributed by atoms with Gasteiger partial charge in [-0.15, -0.1) is 24.8 Å². The summed E-state index contributed by atoms with van der Waals surface area (Å²) in [6, 6.07) is 8.14. The lowest BCUT2D eigenvalue weighted by Gasteiger charge is -2.10. The molecule has 3 nitrogen and oxygen atoms in total. The first kappa shape index (κ1) is 18.9. The van der Waals surface area contributed by atoms with Crippen molar-refractivity contribution in [1.29, 1.82) is 0 Å². The first-order chi connectivity index (χ1) is 7.22. The highest BCUT2D eigenvalue weighted by Gasteiger charge is 1.95. The number of methoxy groups -OCH3 is 1. The summed E-state index contributed by atoms with van der Waals surface area (Å²) < 4.78 is 5.16. The number of hydrogen-bond acceptors (Lipinski definition) is 3. The van der Waals surface area contributed by atoms with Crippen molar-refractivity contribution in [2.45, 2.75) is 6.54 Å². The van der Waals surface area contributed by atoms with Crippen LogP contribution < -0.4 is 10.1 Å². The second-order valence-corrected chi connectivity index (χ2v) is 3.83. The van der Waals surface area contributed by atoms with Gasteiger partial charge in [-0.25, -0.2) is 0 Å². The highest BCUT2D eigenvalue weighted by molar-refractivity contribution is 5.85. The number of rotatable bonds is 6. The van der Waals surface area contributed by atoms with Crippen molar-refractivity contribution in [3.05, 3.63) is 29.8 Å². The van der Waals surface area contributed by atoms with E-state index in [9.17, 15) is 0 Å². The third kappa shape index (κ3) is 8.27. The molecule has 100 valence electrons. The Morgan fingerprint density at radius 3 is 2.53 bits per heavy atom. The van der Waals surface area contributed by atoms with Gasteiger partial charge in [0.2, 0.25) is 0 Å². The summed E-state index contributed by atoms with van der Waals surface area (Å²) in [5, 5.41) is 3.39. The quantitative estimate of drug-likeness (QED) is 0.809. The fraction of sp³-hybridized carbons (Fsp3) is 0.500. The molecule has 0 fully saturated rings. The first-order valence-electron chi connectivity index (χ1n) is 5.21. The van der Waals surface area contributed by atoms with Gasteiger partial charge < -0.3 is 15.0 Å². The molecule has 1 rings (SSSR count). The van der Waals surface area contributed by atoms with E-state index in [1.807, 2.05) is 12.1 Å². The average molecular weight is 281 g/mol. The van der Waals surface area contributed by atoms with E-state index in [4.69, 9.17) is 4.74 Å². The minimum absolute atomic E-state index is 0. The highest BCUT2D eigenvalue weighted by atomic mass is 35.5. The SMILES string of the molecule is COc1cccc(CNCCN(C)C)c1.Cl.Cl. The molecule has 0 unspecified atom stereocenters. The number of hydrogen-bond donors (Lipinski definition) is 1. The lowest BCUT2D eigenvalue weighted by atomic mass is 10.2. The molecule has 0 bridgehead atoms. The summed E-state index contributed by atoms with van der Waals surface area (Å²) in [6.45, 7) is 2.96. The fourth-order valence-corrected chi connectivity index (χ4v) is 1.32. The number of halogens is 2. The average Bonchev–Trinajstić information content (AvgIpc) is 2.24. The molecule has 0 spiro atoms. The summed E-state index contributed by atoms with van der Waals surface area (Å²) in [5.74, 6) is 0.918. The molecule has 1 aromatic rings. The van der Waals surface area contributed by atoms with Crippen LogP contribution in [0.5, 0.6) is 5.75 Å². The standard InChI is InChI=1S/C12H20N2O.2ClH/c1-14(2)8-7-13-10-11-5-4-6-12(9-11)15-3;;/h4-6,9,13H,7-8,10H2,1-3H3;2*1H. The van der Waals surface area contributed by atoms with Crippen LogP contribution in [0.4, 0.5) is 0 Å². The Morgan fingerprint density at radius 2 is 1.94 bits per heavy atom. The summed E-state index contributed by atoms with van der Waals surface area (Å²) in [4.78, 5) is 2.17. The van der Waals surface area contributed by atoms with Gasteiger partial charge in [-0.2, -0.15) is 0 Å². The van der Waals surface area contributed by atoms with Gasteiger partial charge in [0.25, 0.3) is 0 Å². The van der Waals surface area contributed by atoms with Crippen molar-refractivity contribution in [1.82, 2.24) is 10.2 Å². The molecule has 0 aliphatic rings. The molecule has 0 saturated heterocycles. The molecule has 1 N–H and O–H groups in total. The Morgan fingerprint density at radius 1 is 1.24 bits per heavy atom. The highest BCUT2D eigenvalue weighted by Crippen LogP contribution is 2.11. The lowest BCUT2D eigenvalue weighted by molar-refractivity contribution is 0.399. The molecular weight excluding hydrogens is 259 g/mol. The summed E-state index contributed by atoms with van der Waals surface area (Å²) in [6.07, 6.45) is 0. The number of nitrogens with zero attached hydrogens (tertiary/aromatic N) is 1. The van der Waals surface area contributed by atoms with Crippen LogP contribution in [0, 0.1) is 0 Å². The minimum atomic E-state index is 0. The first-order valence-corrected chi connectivity index (χ1v) is 5.21. The number of benzene rings is 1. The maximum atomic E-state index is 5.16. The Bertz CT molecular complexity index is 296. The van der Waals surface area contributed by atoms with Crippen LogP contribution in [0.15, 0.2) is 24.3 Å². The van der Waals surface area contributed by atoms with Crippen LogP contribution in [0.2, 0.25) is 0 Å². The number of nitrogens with one attached hydrogen (secondary N) is 1. The molecule has 0 amide bonds. The molecule has 0 aromatic heterocycles. The van der Waals surface area contributed by atoms with Gasteiger partial charge in [0.05, 0.1) is 7.11 Å². The Hall–Kier alpha value is -0.480. The second-order valence-electron chi connectivity index (χ2n) is 3.83. The third-order valence-corrected chi connectivity index (χ3v) is 2.20. The van der Waals surface area contributed by atoms with Crippen molar-refractivity contribution in [3.8, 4) is 5.75 Å². The van der Waals surface area contributed by atoms with E-state index in [-0.39, 0.29) is 24.8 Å². The van der Waals surface area contributed by atoms with Gasteiger partial charge in [-0.3, -0.25) is 0 Å². The monoisotopic (exact) mass is 280 g/mol. The van der Waals surface area contributed by atoms with Gasteiger partial charge >= 0.3 is 0 Å². The van der Waals surface area contributed by atoms with Crippen molar-refractivity contribution in [3.63, 3.8) is 0 Å². The van der Waals surface area contributed by atoms with Crippen LogP contribution in [0.25, 0.3) is 0 Å². The smallest absolute Gasteiger partial charge is 0.119 e. The van der Waals surface area contributed by atoms with E-state index >= 15 is 0 Å². The van der Waals surface area contributed by atoms with E-state index in [0.29, 0.717) is 0 Å². The number of ether oxygens (including phenoxy) is 1. The van der Waals surface area contributed by atoms with E-state index in [0.717, 1.165) is 25.4 Å². The van der Waals surface area contributed by atoms with E-state index in [1.165, 1.54) is 5.56 Å². The molecule has 0 saturated carbocycles. The van der Waals surface area contributed by atoms with E-state index in [2.05, 4.69) is 36.4 Å². The van der Waals surface area contributed by atoms with Gasteiger partial charge in [0.15, 0.2) is 0 Å². The van der Waals surface area contributed by atoms with Gasteiger partial charge in [-0.1, -0.05) is 12.1 Å². The normalized spacial score (nSPS) is 9.41. The van der Waals surface area contributed by atoms with Crippen molar-refractivity contribution >= 4 is 24.8 Å². The van der Waals surface area contributed by atoms with Gasteiger partial charge in [0.1, 0.15) is 5.75 Å². The topological polar surface area (TPSA) is 24.5 Å². The van der Waals surface area contributed by atoms with Crippen LogP contribution >= 0.6 is 24.8 Å². The molecule has 17 heavy (non-hydrogen) atoms. The zero-order valence-corrected chi connectivity index (χ0v) is 12.2. The lowest BCUT2D eigenvalue weighted by Crippen LogP contribution is -2.26. The van der Waals surface area contributed by atoms with Crippen LogP contribution in [0.3, 0.4) is 0 Å². The molecule has 0 aliphatic carbocycles. The predicted molar refractivity (Wildman–Crippen MR) is 77.8 cm³/mol. The molecule has 1 aromatic carbocycles. The Balaban J connectivity index is 0. The van der Waals surface area contributed by atoms with Gasteiger partial charge in [-0.05, 0) is 31.8 Å². The Kier molecular flexibility index (Phi) is 11.8. The fourth-order valence-electron chi connectivity index (χ4n) is 1.32. The minimum Gasteiger partial charge on any atom is -0.497 e. The van der Waals surface area contributed by atoms with Crippen LogP contribution in [-0.4, -0.2) is 39.2 Å². The molecular formula is C12H22Cl2N2O. The summed E-state index contributed by atoms with van der Waals surface area (Å²) >= 11 is 0. The van der Waals surface area contributed by atoms with E-state index < -0.39 is 0 Å². The third-order valence-electron chi connectivity index (χ3n) is 2.20. The zero-order chi connectivity index (χ0) is 11.1. The summed E-state index contributed by atoms with van der Waals surface area (Å²) in [7, 11) is 5.85. The molecule has 0 atom stereocenters. The zero-order valence-electron chi connectivity index (χ0n) is 10.6. The number of likely N-dealkylation sites (N-methyl/N-ethyl adjacent to an activating group) is 1. The molecule has 0 heterocycles. The van der Waals surface area contributed by atoms with Crippen molar-refractivity contribution in [2.24, 2.45) is 0 Å². The maximum absolute atomic E-state index is 5.16. The summed E-state index contributed by atoms with van der Waals surface area (Å²) in [5.41, 5.74) is 1.26. The molecule has 0 radical (unpaired) electrons. The van der Waals surface area contributed by atoms with Crippen LogP contribution in [0.1, 0.15) is 5.56 Å². The van der Waals surface area contributed by atoms with E-state index in [1.54, 1.807) is 7.11 Å². The molecule has 0 aliphatic heterocycles. The Labute approximate surface area is 116 Å². The van der Waals surface area contributed by atoms with Gasteiger partial charge in [0, 0.05) is 19.6 Å². The predicted octanol–water partition coefficient (Wildman–Crippen LogP) is 2.19.